The van der Waals surface area contributed by atoms with Crippen molar-refractivity contribution in [2.75, 3.05) is 0 Å². The third-order valence-electron chi connectivity index (χ3n) is 3.34. The predicted octanol–water partition coefficient (Wildman–Crippen LogP) is 2.22. The van der Waals surface area contributed by atoms with E-state index in [9.17, 15) is 9.90 Å². The van der Waals surface area contributed by atoms with Crippen molar-refractivity contribution in [2.24, 2.45) is 0 Å². The minimum Gasteiger partial charge on any atom is -0.545 e. The predicted molar refractivity (Wildman–Crippen MR) is 102 cm³/mol. The summed E-state index contributed by atoms with van der Waals surface area (Å²) in [5.41, 5.74) is 0. The maximum Gasteiger partial charge on any atom is 1.00 e. The molecule has 0 radical (unpaired) electrons. The molecule has 0 aliphatic rings. The van der Waals surface area contributed by atoms with Gasteiger partial charge in [-0.05, 0) is 18.9 Å². The normalized spacial score (nSPS) is 12.5. The molecule has 0 aromatic rings. The summed E-state index contributed by atoms with van der Waals surface area (Å²) in [6.45, 7) is 2.25. The Balaban J connectivity index is 0. The van der Waals surface area contributed by atoms with E-state index in [2.05, 4.69) is 19.1 Å². The van der Waals surface area contributed by atoms with E-state index >= 15 is 0 Å². The maximum absolute atomic E-state index is 10.1. The molecule has 0 aliphatic carbocycles. The molecule has 132 valence electrons. The average Bonchev–Trinajstić information content (AvgIpc) is 2.56. The monoisotopic (exact) mass is 334 g/mol. The summed E-state index contributed by atoms with van der Waals surface area (Å²) >= 11 is 0. The molecule has 0 saturated carbocycles. The topological polar surface area (TPSA) is 40.1 Å². The van der Waals surface area contributed by atoms with Gasteiger partial charge >= 0.3 is 18.9 Å². The van der Waals surface area contributed by atoms with Crippen LogP contribution in [-0.2, 0) is 4.79 Å². The minimum absolute atomic E-state index is 0. The van der Waals surface area contributed by atoms with Crippen molar-refractivity contribution in [3.8, 4) is 0 Å². The Morgan fingerprint density at radius 2 is 1.12 bits per heavy atom. The molecule has 0 atom stereocenters. The third kappa shape index (κ3) is 24.9. The Bertz CT molecular complexity index is 468. The van der Waals surface area contributed by atoms with Crippen LogP contribution in [0.3, 0.4) is 0 Å². The second-order valence-corrected chi connectivity index (χ2v) is 5.56. The molecule has 0 unspecified atom stereocenters. The second kappa shape index (κ2) is 22.5. The zero-order valence-corrected chi connectivity index (χ0v) is 15.9. The first-order valence-corrected chi connectivity index (χ1v) is 8.98. The van der Waals surface area contributed by atoms with E-state index < -0.39 is 5.97 Å². The van der Waals surface area contributed by atoms with Crippen molar-refractivity contribution in [1.29, 1.82) is 0 Å². The molecule has 0 heterocycles. The molecule has 0 rings (SSSR count). The van der Waals surface area contributed by atoms with Gasteiger partial charge < -0.3 is 9.90 Å². The van der Waals surface area contributed by atoms with E-state index in [4.69, 9.17) is 0 Å². The van der Waals surface area contributed by atoms with E-state index in [0.29, 0.717) is 0 Å². The van der Waals surface area contributed by atoms with E-state index in [1.165, 1.54) is 51.0 Å². The molecular weight excluding hydrogens is 303 g/mol. The van der Waals surface area contributed by atoms with Gasteiger partial charge in [0.05, 0.1) is 5.97 Å². The molecule has 0 N–H and O–H groups in total. The molecule has 0 amide bonds. The largest absolute Gasteiger partial charge is 1.00 e. The van der Waals surface area contributed by atoms with Crippen LogP contribution in [0.25, 0.3) is 0 Å². The summed E-state index contributed by atoms with van der Waals surface area (Å²) in [4.78, 5) is 10.1. The van der Waals surface area contributed by atoms with Gasteiger partial charge in [-0.3, -0.25) is 0 Å². The second-order valence-electron chi connectivity index (χ2n) is 5.56. The van der Waals surface area contributed by atoms with Gasteiger partial charge in [-0.25, -0.2) is 0 Å². The molecular formula is C22H31LiO2. The van der Waals surface area contributed by atoms with Gasteiger partial charge in [0, 0.05) is 0 Å². The van der Waals surface area contributed by atoms with Crippen molar-refractivity contribution in [3.05, 3.63) is 72.9 Å². The van der Waals surface area contributed by atoms with Crippen LogP contribution in [0.15, 0.2) is 72.9 Å². The van der Waals surface area contributed by atoms with Crippen molar-refractivity contribution in [3.63, 3.8) is 0 Å². The van der Waals surface area contributed by atoms with Gasteiger partial charge in [-0.15, -0.1) is 0 Å². The molecule has 0 aromatic heterocycles. The molecule has 25 heavy (non-hydrogen) atoms. The smallest absolute Gasteiger partial charge is 0.545 e. The fourth-order valence-corrected chi connectivity index (χ4v) is 2.04. The number of hydrogen-bond donors (Lipinski definition) is 0. The molecule has 0 saturated heterocycles. The number of carbonyl (C=O) groups is 1. The number of allylic oxidation sites excluding steroid dienone is 11. The van der Waals surface area contributed by atoms with E-state index in [1.807, 2.05) is 36.5 Å². The van der Waals surface area contributed by atoms with Crippen LogP contribution in [-0.4, -0.2) is 5.97 Å². The van der Waals surface area contributed by atoms with E-state index in [-0.39, 0.29) is 18.9 Å². The molecule has 0 bridgehead atoms. The van der Waals surface area contributed by atoms with Gasteiger partial charge in [-0.1, -0.05) is 112 Å². The van der Waals surface area contributed by atoms with Crippen molar-refractivity contribution in [1.82, 2.24) is 0 Å². The molecule has 0 spiro atoms. The fourth-order valence-electron chi connectivity index (χ4n) is 2.04. The summed E-state index contributed by atoms with van der Waals surface area (Å²) in [7, 11) is 0. The standard InChI is InChI=1S/C22H32O2.Li/c1-2-3-4-5-6-7-8-9-10-11-12-13-14-15-16-17-18-19-20-21-22(23)24;/h10-21H,2-9H2,1H3,(H,23,24);/q;+1/p-1/b11-10+,13-12+,15-14+,17-16+,19-18+,21-20+;. The van der Waals surface area contributed by atoms with E-state index in [0.717, 1.165) is 12.5 Å². The Labute approximate surface area is 166 Å². The van der Waals surface area contributed by atoms with Gasteiger partial charge in [0.25, 0.3) is 0 Å². The summed E-state index contributed by atoms with van der Waals surface area (Å²) in [5.74, 6) is -1.19. The van der Waals surface area contributed by atoms with Gasteiger partial charge in [0.1, 0.15) is 0 Å². The van der Waals surface area contributed by atoms with Crippen molar-refractivity contribution < 1.29 is 28.8 Å². The molecule has 0 aromatic carbocycles. The van der Waals surface area contributed by atoms with Crippen LogP contribution in [0.1, 0.15) is 58.3 Å². The number of hydrogen-bond acceptors (Lipinski definition) is 2. The number of carbonyl (C=O) groups excluding carboxylic acids is 1. The first-order chi connectivity index (χ1) is 11.8. The quantitative estimate of drug-likeness (QED) is 0.211. The van der Waals surface area contributed by atoms with Crippen molar-refractivity contribution in [2.45, 2.75) is 58.3 Å². The molecule has 0 aliphatic heterocycles. The fraction of sp³-hybridized carbons (Fsp3) is 0.409. The Morgan fingerprint density at radius 1 is 0.680 bits per heavy atom. The molecule has 0 fully saturated rings. The molecule has 2 nitrogen and oxygen atoms in total. The first-order valence-electron chi connectivity index (χ1n) is 8.98. The van der Waals surface area contributed by atoms with Crippen LogP contribution < -0.4 is 24.0 Å². The molecule has 3 heteroatoms. The van der Waals surface area contributed by atoms with Crippen LogP contribution >= 0.6 is 0 Å². The average molecular weight is 334 g/mol. The number of rotatable bonds is 14. The third-order valence-corrected chi connectivity index (χ3v) is 3.34. The Hall–Kier alpha value is -1.49. The maximum atomic E-state index is 10.1. The van der Waals surface area contributed by atoms with Gasteiger partial charge in [-0.2, -0.15) is 0 Å². The zero-order valence-electron chi connectivity index (χ0n) is 15.9. The van der Waals surface area contributed by atoms with Gasteiger partial charge in [0.15, 0.2) is 0 Å². The van der Waals surface area contributed by atoms with Crippen LogP contribution in [0, 0.1) is 0 Å². The number of carboxylic acids is 1. The summed E-state index contributed by atoms with van der Waals surface area (Å²) in [5, 5.41) is 10.1. The Kier molecular flexibility index (Phi) is 23.2. The van der Waals surface area contributed by atoms with Crippen LogP contribution in [0.2, 0.25) is 0 Å². The van der Waals surface area contributed by atoms with E-state index in [1.54, 1.807) is 12.2 Å². The number of carboxylic acid groups (broad SMARTS) is 1. The zero-order chi connectivity index (χ0) is 17.7. The summed E-state index contributed by atoms with van der Waals surface area (Å²) in [6.07, 6.45) is 32.4. The van der Waals surface area contributed by atoms with Gasteiger partial charge in [0.2, 0.25) is 0 Å². The number of aliphatic carboxylic acids is 1. The summed E-state index contributed by atoms with van der Waals surface area (Å²) in [6, 6.07) is 0. The summed E-state index contributed by atoms with van der Waals surface area (Å²) < 4.78 is 0. The van der Waals surface area contributed by atoms with Crippen molar-refractivity contribution >= 4 is 5.97 Å². The van der Waals surface area contributed by atoms with Crippen LogP contribution in [0.5, 0.6) is 0 Å². The van der Waals surface area contributed by atoms with Crippen LogP contribution in [0.4, 0.5) is 0 Å². The Morgan fingerprint density at radius 3 is 1.64 bits per heavy atom. The minimum atomic E-state index is -1.19. The first kappa shape index (κ1) is 25.7. The number of unbranched alkanes of at least 4 members (excludes halogenated alkanes) is 7. The SMILES string of the molecule is CCCCCCCCC/C=C/C=C/C=C/C=C/C=C/C=C/C(=O)[O-].[Li+].